The van der Waals surface area contributed by atoms with Crippen molar-refractivity contribution in [3.63, 3.8) is 0 Å². The third-order valence-corrected chi connectivity index (χ3v) is 3.38. The molecular formula is C12H14N4S. The smallest absolute Gasteiger partial charge is 0.130 e. The maximum Gasteiger partial charge on any atom is 0.130 e. The molecule has 17 heavy (non-hydrogen) atoms. The molecule has 0 spiro atoms. The molecular weight excluding hydrogens is 232 g/mol. The maximum atomic E-state index is 5.75. The Morgan fingerprint density at radius 3 is 2.59 bits per heavy atom. The van der Waals surface area contributed by atoms with E-state index in [1.807, 2.05) is 26.0 Å². The molecule has 88 valence electrons. The molecule has 0 amide bonds. The molecule has 0 aliphatic heterocycles. The third-order valence-electron chi connectivity index (χ3n) is 2.35. The molecule has 0 aliphatic rings. The summed E-state index contributed by atoms with van der Waals surface area (Å²) in [6.45, 7) is 5.96. The minimum Gasteiger partial charge on any atom is -0.383 e. The van der Waals surface area contributed by atoms with Crippen molar-refractivity contribution in [3.8, 4) is 0 Å². The maximum absolute atomic E-state index is 5.75. The molecule has 2 heterocycles. The Labute approximate surface area is 105 Å². The second kappa shape index (κ2) is 4.71. The minimum atomic E-state index is 0.520. The average Bonchev–Trinajstić information content (AvgIpc) is 2.23. The van der Waals surface area contributed by atoms with Gasteiger partial charge in [0.1, 0.15) is 22.2 Å². The van der Waals surface area contributed by atoms with Gasteiger partial charge in [-0.15, -0.1) is 0 Å². The molecule has 2 rings (SSSR count). The van der Waals surface area contributed by atoms with Gasteiger partial charge in [-0.2, -0.15) is 0 Å². The molecule has 0 aromatic carbocycles. The van der Waals surface area contributed by atoms with Gasteiger partial charge in [-0.05, 0) is 50.2 Å². The van der Waals surface area contributed by atoms with E-state index in [9.17, 15) is 0 Å². The molecule has 4 nitrogen and oxygen atoms in total. The van der Waals surface area contributed by atoms with Crippen LogP contribution in [0.4, 0.5) is 5.82 Å². The minimum absolute atomic E-state index is 0.520. The Hall–Kier alpha value is -1.62. The van der Waals surface area contributed by atoms with Gasteiger partial charge in [-0.25, -0.2) is 15.0 Å². The summed E-state index contributed by atoms with van der Waals surface area (Å²) in [4.78, 5) is 12.6. The van der Waals surface area contributed by atoms with E-state index in [0.717, 1.165) is 21.3 Å². The standard InChI is InChI=1S/C12H14N4S/c1-7-4-8(2)16-10(5-7)17-12-9(3)11(13)14-6-15-12/h4-6H,1-3H3,(H2,13,14,15). The van der Waals surface area contributed by atoms with E-state index in [1.165, 1.54) is 23.7 Å². The van der Waals surface area contributed by atoms with E-state index < -0.39 is 0 Å². The Bertz CT molecular complexity index is 534. The SMILES string of the molecule is Cc1cc(C)nc(Sc2ncnc(N)c2C)c1. The van der Waals surface area contributed by atoms with Crippen LogP contribution in [0.15, 0.2) is 28.5 Å². The van der Waals surface area contributed by atoms with Gasteiger partial charge in [0.2, 0.25) is 0 Å². The van der Waals surface area contributed by atoms with Gasteiger partial charge in [0.05, 0.1) is 0 Å². The first-order valence-corrected chi connectivity index (χ1v) is 6.08. The summed E-state index contributed by atoms with van der Waals surface area (Å²) in [5.41, 5.74) is 8.85. The van der Waals surface area contributed by atoms with Crippen LogP contribution in [0.5, 0.6) is 0 Å². The summed E-state index contributed by atoms with van der Waals surface area (Å²) in [6.07, 6.45) is 1.48. The van der Waals surface area contributed by atoms with Gasteiger partial charge >= 0.3 is 0 Å². The molecule has 5 heteroatoms. The van der Waals surface area contributed by atoms with E-state index in [4.69, 9.17) is 5.73 Å². The number of hydrogen-bond donors (Lipinski definition) is 1. The summed E-state index contributed by atoms with van der Waals surface area (Å²) in [6, 6.07) is 4.08. The number of pyridine rings is 1. The summed E-state index contributed by atoms with van der Waals surface area (Å²) in [5, 5.41) is 1.79. The molecule has 2 aromatic heterocycles. The molecule has 0 fully saturated rings. The van der Waals surface area contributed by atoms with Gasteiger partial charge < -0.3 is 5.73 Å². The van der Waals surface area contributed by atoms with Crippen molar-refractivity contribution in [3.05, 3.63) is 35.3 Å². The zero-order chi connectivity index (χ0) is 12.4. The molecule has 0 saturated carbocycles. The number of anilines is 1. The van der Waals surface area contributed by atoms with Crippen LogP contribution >= 0.6 is 11.8 Å². The van der Waals surface area contributed by atoms with E-state index in [0.29, 0.717) is 5.82 Å². The number of nitrogens with two attached hydrogens (primary N) is 1. The number of nitrogens with zero attached hydrogens (tertiary/aromatic N) is 3. The van der Waals surface area contributed by atoms with Gasteiger partial charge in [-0.3, -0.25) is 0 Å². The number of nitrogen functional groups attached to an aromatic ring is 1. The largest absolute Gasteiger partial charge is 0.383 e. The van der Waals surface area contributed by atoms with Crippen LogP contribution in [-0.2, 0) is 0 Å². The van der Waals surface area contributed by atoms with Crippen molar-refractivity contribution >= 4 is 17.6 Å². The lowest BCUT2D eigenvalue weighted by molar-refractivity contribution is 0.995. The third kappa shape index (κ3) is 2.74. The van der Waals surface area contributed by atoms with Crippen molar-refractivity contribution in [2.24, 2.45) is 0 Å². The Morgan fingerprint density at radius 2 is 1.88 bits per heavy atom. The van der Waals surface area contributed by atoms with Crippen LogP contribution < -0.4 is 5.73 Å². The number of hydrogen-bond acceptors (Lipinski definition) is 5. The van der Waals surface area contributed by atoms with E-state index >= 15 is 0 Å². The number of aryl methyl sites for hydroxylation is 2. The highest BCUT2D eigenvalue weighted by Crippen LogP contribution is 2.29. The van der Waals surface area contributed by atoms with Crippen LogP contribution in [0.3, 0.4) is 0 Å². The molecule has 0 unspecified atom stereocenters. The van der Waals surface area contributed by atoms with Crippen LogP contribution in [-0.4, -0.2) is 15.0 Å². The highest BCUT2D eigenvalue weighted by molar-refractivity contribution is 7.99. The summed E-state index contributed by atoms with van der Waals surface area (Å²) in [5.74, 6) is 0.520. The lowest BCUT2D eigenvalue weighted by Gasteiger charge is -2.06. The Kier molecular flexibility index (Phi) is 3.28. The molecule has 0 bridgehead atoms. The average molecular weight is 246 g/mol. The predicted molar refractivity (Wildman–Crippen MR) is 69.0 cm³/mol. The number of aromatic nitrogens is 3. The summed E-state index contributed by atoms with van der Waals surface area (Å²) >= 11 is 1.51. The second-order valence-corrected chi connectivity index (χ2v) is 4.92. The van der Waals surface area contributed by atoms with Crippen LogP contribution in [0.2, 0.25) is 0 Å². The van der Waals surface area contributed by atoms with Crippen LogP contribution in [0.25, 0.3) is 0 Å². The van der Waals surface area contributed by atoms with E-state index in [-0.39, 0.29) is 0 Å². The quantitative estimate of drug-likeness (QED) is 0.825. The fraction of sp³-hybridized carbons (Fsp3) is 0.250. The summed E-state index contributed by atoms with van der Waals surface area (Å²) in [7, 11) is 0. The molecule has 0 atom stereocenters. The highest BCUT2D eigenvalue weighted by Gasteiger charge is 2.07. The van der Waals surface area contributed by atoms with Crippen molar-refractivity contribution < 1.29 is 0 Å². The van der Waals surface area contributed by atoms with E-state index in [2.05, 4.69) is 21.9 Å². The fourth-order valence-electron chi connectivity index (χ4n) is 1.51. The van der Waals surface area contributed by atoms with Crippen LogP contribution in [0, 0.1) is 20.8 Å². The molecule has 0 saturated heterocycles. The Morgan fingerprint density at radius 1 is 1.12 bits per heavy atom. The number of rotatable bonds is 2. The zero-order valence-electron chi connectivity index (χ0n) is 10.1. The second-order valence-electron chi connectivity index (χ2n) is 3.92. The van der Waals surface area contributed by atoms with Gasteiger partial charge in [0.15, 0.2) is 0 Å². The van der Waals surface area contributed by atoms with Gasteiger partial charge in [0, 0.05) is 11.3 Å². The first-order chi connectivity index (χ1) is 8.06. The fourth-order valence-corrected chi connectivity index (χ4v) is 2.50. The monoisotopic (exact) mass is 246 g/mol. The topological polar surface area (TPSA) is 64.7 Å². The molecule has 0 radical (unpaired) electrons. The van der Waals surface area contributed by atoms with Gasteiger partial charge in [-0.1, -0.05) is 0 Å². The van der Waals surface area contributed by atoms with E-state index in [1.54, 1.807) is 0 Å². The molecule has 2 N–H and O–H groups in total. The van der Waals surface area contributed by atoms with Crippen molar-refractivity contribution in [1.82, 2.24) is 15.0 Å². The van der Waals surface area contributed by atoms with Crippen molar-refractivity contribution in [1.29, 1.82) is 0 Å². The first-order valence-electron chi connectivity index (χ1n) is 5.26. The first kappa shape index (κ1) is 11.9. The van der Waals surface area contributed by atoms with Gasteiger partial charge in [0.25, 0.3) is 0 Å². The molecule has 0 aliphatic carbocycles. The lowest BCUT2D eigenvalue weighted by Crippen LogP contribution is -1.98. The normalized spacial score (nSPS) is 10.5. The van der Waals surface area contributed by atoms with Crippen molar-refractivity contribution in [2.45, 2.75) is 30.8 Å². The predicted octanol–water partition coefficient (Wildman–Crippen LogP) is 2.53. The van der Waals surface area contributed by atoms with Crippen molar-refractivity contribution in [2.75, 3.05) is 5.73 Å². The molecule has 2 aromatic rings. The lowest BCUT2D eigenvalue weighted by atomic mass is 10.3. The van der Waals surface area contributed by atoms with Crippen LogP contribution in [0.1, 0.15) is 16.8 Å². The Balaban J connectivity index is 2.34. The zero-order valence-corrected chi connectivity index (χ0v) is 10.9. The highest BCUT2D eigenvalue weighted by atomic mass is 32.2. The summed E-state index contributed by atoms with van der Waals surface area (Å²) < 4.78 is 0.